The number of nitrogens with zero attached hydrogens (tertiary/aromatic N) is 3. The summed E-state index contributed by atoms with van der Waals surface area (Å²) in [5.74, 6) is -0.365. The minimum atomic E-state index is -4.41. The second-order valence-corrected chi connectivity index (χ2v) is 9.78. The molecule has 0 fully saturated rings. The van der Waals surface area contributed by atoms with Gasteiger partial charge in [0.15, 0.2) is 0 Å². The third kappa shape index (κ3) is 5.36. The molecule has 1 aliphatic heterocycles. The lowest BCUT2D eigenvalue weighted by atomic mass is 9.96. The smallest absolute Gasteiger partial charge is 0.292 e. The summed E-state index contributed by atoms with van der Waals surface area (Å²) in [6.07, 6.45) is -3.90. The molecule has 0 radical (unpaired) electrons. The molecule has 3 aromatic carbocycles. The van der Waals surface area contributed by atoms with Crippen molar-refractivity contribution in [3.63, 3.8) is 0 Å². The standard InChI is InChI=1S/C30H26F5N3O/c1-18(20-3-9-23(10-4-20)30(33,34)35)37-16-15-27-26(17-37)29(39)38(19(2)36-27)28(21-5-11-24(31)12-6-21)22-7-13-25(32)14-8-22/h3-14,18,28H,15-17H2,1-2H3. The van der Waals surface area contributed by atoms with Crippen molar-refractivity contribution in [1.82, 2.24) is 14.5 Å². The van der Waals surface area contributed by atoms with E-state index in [9.17, 15) is 26.7 Å². The average Bonchev–Trinajstić information content (AvgIpc) is 2.91. The van der Waals surface area contributed by atoms with Gasteiger partial charge in [0.05, 0.1) is 22.9 Å². The molecular formula is C30H26F5N3O. The number of alkyl halides is 3. The van der Waals surface area contributed by atoms with E-state index in [2.05, 4.69) is 0 Å². The Morgan fingerprint density at radius 1 is 0.821 bits per heavy atom. The number of benzene rings is 3. The maximum absolute atomic E-state index is 14.0. The molecule has 4 nitrogen and oxygen atoms in total. The maximum atomic E-state index is 14.0. The summed E-state index contributed by atoms with van der Waals surface area (Å²) in [5, 5.41) is 0. The molecule has 0 bridgehead atoms. The van der Waals surface area contributed by atoms with E-state index in [-0.39, 0.29) is 18.1 Å². The van der Waals surface area contributed by atoms with Crippen LogP contribution in [0.15, 0.2) is 77.6 Å². The van der Waals surface area contributed by atoms with Gasteiger partial charge in [-0.25, -0.2) is 13.8 Å². The number of rotatable bonds is 5. The Morgan fingerprint density at radius 3 is 1.85 bits per heavy atom. The van der Waals surface area contributed by atoms with Crippen molar-refractivity contribution in [3.05, 3.63) is 134 Å². The fourth-order valence-electron chi connectivity index (χ4n) is 5.21. The lowest BCUT2D eigenvalue weighted by molar-refractivity contribution is -0.137. The monoisotopic (exact) mass is 539 g/mol. The molecule has 4 aromatic rings. The van der Waals surface area contributed by atoms with Crippen LogP contribution in [0.4, 0.5) is 22.0 Å². The first-order chi connectivity index (χ1) is 18.5. The summed E-state index contributed by atoms with van der Waals surface area (Å²) in [5.41, 5.74) is 2.20. The molecule has 0 saturated heterocycles. The van der Waals surface area contributed by atoms with Gasteiger partial charge in [0, 0.05) is 25.6 Å². The second kappa shape index (κ2) is 10.4. The molecule has 0 N–H and O–H groups in total. The van der Waals surface area contributed by atoms with Crippen LogP contribution < -0.4 is 5.56 Å². The first-order valence-electron chi connectivity index (χ1n) is 12.6. The van der Waals surface area contributed by atoms with Crippen LogP contribution in [0.25, 0.3) is 0 Å². The molecule has 0 saturated carbocycles. The highest BCUT2D eigenvalue weighted by Gasteiger charge is 2.32. The molecule has 0 amide bonds. The van der Waals surface area contributed by atoms with Gasteiger partial charge in [0.2, 0.25) is 0 Å². The zero-order chi connectivity index (χ0) is 27.9. The van der Waals surface area contributed by atoms with Gasteiger partial charge in [0.25, 0.3) is 5.56 Å². The summed E-state index contributed by atoms with van der Waals surface area (Å²) < 4.78 is 68.1. The molecule has 1 aromatic heterocycles. The summed E-state index contributed by atoms with van der Waals surface area (Å²) in [7, 11) is 0. The molecule has 202 valence electrons. The van der Waals surface area contributed by atoms with Crippen LogP contribution in [0, 0.1) is 18.6 Å². The van der Waals surface area contributed by atoms with Gasteiger partial charge >= 0.3 is 6.18 Å². The van der Waals surface area contributed by atoms with E-state index in [4.69, 9.17) is 4.98 Å². The number of aromatic nitrogens is 2. The highest BCUT2D eigenvalue weighted by atomic mass is 19.4. The van der Waals surface area contributed by atoms with Crippen molar-refractivity contribution in [2.75, 3.05) is 6.54 Å². The van der Waals surface area contributed by atoms with Crippen LogP contribution in [-0.4, -0.2) is 21.0 Å². The van der Waals surface area contributed by atoms with Crippen molar-refractivity contribution in [3.8, 4) is 0 Å². The Balaban J connectivity index is 1.53. The third-order valence-corrected chi connectivity index (χ3v) is 7.37. The topological polar surface area (TPSA) is 38.1 Å². The van der Waals surface area contributed by atoms with Gasteiger partial charge in [-0.1, -0.05) is 36.4 Å². The van der Waals surface area contributed by atoms with Crippen molar-refractivity contribution in [1.29, 1.82) is 0 Å². The van der Waals surface area contributed by atoms with E-state index in [1.54, 1.807) is 35.8 Å². The maximum Gasteiger partial charge on any atom is 0.416 e. The Kier molecular flexibility index (Phi) is 7.11. The van der Waals surface area contributed by atoms with Crippen LogP contribution in [0.3, 0.4) is 0 Å². The Labute approximate surface area is 222 Å². The van der Waals surface area contributed by atoms with Crippen LogP contribution in [0.2, 0.25) is 0 Å². The minimum absolute atomic E-state index is 0.236. The largest absolute Gasteiger partial charge is 0.416 e. The zero-order valence-corrected chi connectivity index (χ0v) is 21.3. The minimum Gasteiger partial charge on any atom is -0.292 e. The third-order valence-electron chi connectivity index (χ3n) is 7.37. The molecule has 2 heterocycles. The fraction of sp³-hybridized carbons (Fsp3) is 0.267. The van der Waals surface area contributed by atoms with Gasteiger partial charge in [-0.3, -0.25) is 14.3 Å². The van der Waals surface area contributed by atoms with Crippen molar-refractivity contribution in [2.45, 2.75) is 45.1 Å². The molecule has 1 atom stereocenters. The molecular weight excluding hydrogens is 513 g/mol. The zero-order valence-electron chi connectivity index (χ0n) is 21.3. The van der Waals surface area contributed by atoms with Crippen LogP contribution >= 0.6 is 0 Å². The number of hydrogen-bond donors (Lipinski definition) is 0. The highest BCUT2D eigenvalue weighted by Crippen LogP contribution is 2.33. The summed E-state index contributed by atoms with van der Waals surface area (Å²) in [6.45, 7) is 4.49. The SMILES string of the molecule is Cc1nc2c(c(=O)n1C(c1ccc(F)cc1)c1ccc(F)cc1)CN(C(C)c1ccc(C(F)(F)F)cc1)CC2. The number of hydrogen-bond acceptors (Lipinski definition) is 3. The molecule has 9 heteroatoms. The quantitative estimate of drug-likeness (QED) is 0.268. The van der Waals surface area contributed by atoms with Gasteiger partial charge in [-0.15, -0.1) is 0 Å². The van der Waals surface area contributed by atoms with Crippen molar-refractivity contribution >= 4 is 0 Å². The first-order valence-corrected chi connectivity index (χ1v) is 12.6. The first kappa shape index (κ1) is 26.7. The molecule has 0 spiro atoms. The second-order valence-electron chi connectivity index (χ2n) is 9.78. The molecule has 1 unspecified atom stereocenters. The van der Waals surface area contributed by atoms with Gasteiger partial charge in [-0.05, 0) is 66.9 Å². The van der Waals surface area contributed by atoms with E-state index in [1.165, 1.54) is 36.4 Å². The fourth-order valence-corrected chi connectivity index (χ4v) is 5.21. The summed E-state index contributed by atoms with van der Waals surface area (Å²) >= 11 is 0. The lowest BCUT2D eigenvalue weighted by Gasteiger charge is -2.34. The van der Waals surface area contributed by atoms with Crippen LogP contribution in [0.5, 0.6) is 0 Å². The van der Waals surface area contributed by atoms with Crippen molar-refractivity contribution in [2.24, 2.45) is 0 Å². The predicted molar refractivity (Wildman–Crippen MR) is 137 cm³/mol. The summed E-state index contributed by atoms with van der Waals surface area (Å²) in [4.78, 5) is 20.8. The van der Waals surface area contributed by atoms with E-state index in [0.717, 1.165) is 12.1 Å². The van der Waals surface area contributed by atoms with Gasteiger partial charge in [-0.2, -0.15) is 13.2 Å². The predicted octanol–water partition coefficient (Wildman–Crippen LogP) is 6.61. The van der Waals surface area contributed by atoms with E-state index >= 15 is 0 Å². The summed E-state index contributed by atoms with van der Waals surface area (Å²) in [6, 6.07) is 15.8. The molecule has 5 rings (SSSR count). The molecule has 39 heavy (non-hydrogen) atoms. The number of fused-ring (bicyclic) bond motifs is 1. The number of aryl methyl sites for hydroxylation is 1. The Morgan fingerprint density at radius 2 is 1.33 bits per heavy atom. The van der Waals surface area contributed by atoms with Crippen molar-refractivity contribution < 1.29 is 22.0 Å². The van der Waals surface area contributed by atoms with E-state index < -0.39 is 29.4 Å². The lowest BCUT2D eigenvalue weighted by Crippen LogP contribution is -2.41. The van der Waals surface area contributed by atoms with E-state index in [1.807, 2.05) is 11.8 Å². The highest BCUT2D eigenvalue weighted by molar-refractivity contribution is 5.35. The average molecular weight is 540 g/mol. The Bertz CT molecular complexity index is 1480. The molecule has 1 aliphatic rings. The normalized spacial score (nSPS) is 14.9. The van der Waals surface area contributed by atoms with Crippen LogP contribution in [0.1, 0.15) is 58.3 Å². The molecule has 0 aliphatic carbocycles. The number of halogens is 5. The van der Waals surface area contributed by atoms with Gasteiger partial charge < -0.3 is 0 Å². The van der Waals surface area contributed by atoms with Crippen LogP contribution in [-0.2, 0) is 19.1 Å². The van der Waals surface area contributed by atoms with Gasteiger partial charge in [0.1, 0.15) is 17.5 Å². The Hall–Kier alpha value is -3.85. The van der Waals surface area contributed by atoms with E-state index in [0.29, 0.717) is 46.7 Å².